The third-order valence-corrected chi connectivity index (χ3v) is 3.07. The number of rotatable bonds is 3. The van der Waals surface area contributed by atoms with E-state index in [9.17, 15) is 13.6 Å². The summed E-state index contributed by atoms with van der Waals surface area (Å²) in [6, 6.07) is 4.46. The number of alkyl halides is 2. The number of para-hydroxylation sites is 1. The number of halogens is 2. The third-order valence-electron chi connectivity index (χ3n) is 2.20. The van der Waals surface area contributed by atoms with E-state index in [1.807, 2.05) is 19.6 Å². The lowest BCUT2D eigenvalue weighted by Crippen LogP contribution is -2.16. The number of benzene rings is 1. The molecule has 20 heavy (non-hydrogen) atoms. The molecule has 0 heterocycles. The molecule has 0 amide bonds. The van der Waals surface area contributed by atoms with Gasteiger partial charge in [-0.1, -0.05) is 31.6 Å². The van der Waals surface area contributed by atoms with Gasteiger partial charge in [0.25, 0.3) is 0 Å². The molecule has 1 rings (SSSR count). The Balaban J connectivity index is 3.35. The number of ether oxygens (including phenoxy) is 2. The zero-order valence-electron chi connectivity index (χ0n) is 11.8. The molecule has 0 aliphatic heterocycles. The lowest BCUT2D eigenvalue weighted by atomic mass is 10.1. The van der Waals surface area contributed by atoms with Crippen molar-refractivity contribution in [2.75, 3.05) is 7.11 Å². The summed E-state index contributed by atoms with van der Waals surface area (Å²) in [5.74, 6) is 1.85. The number of hydrogen-bond acceptors (Lipinski definition) is 3. The Morgan fingerprint density at radius 3 is 2.45 bits per heavy atom. The molecule has 0 bridgehead atoms. The van der Waals surface area contributed by atoms with Gasteiger partial charge in [-0.05, 0) is 12.1 Å². The summed E-state index contributed by atoms with van der Waals surface area (Å²) in [4.78, 5) is 11.6. The number of esters is 1. The Bertz CT molecular complexity index is 554. The van der Waals surface area contributed by atoms with E-state index in [1.54, 1.807) is 6.07 Å². The summed E-state index contributed by atoms with van der Waals surface area (Å²) >= 11 is 0. The van der Waals surface area contributed by atoms with Gasteiger partial charge in [0.1, 0.15) is 13.6 Å². The number of carbonyl (C=O) groups is 1. The molecule has 0 aromatic heterocycles. The molecule has 6 heteroatoms. The first kappa shape index (κ1) is 16.2. The molecular formula is C14H16F2O3Si. The molecular weight excluding hydrogens is 282 g/mol. The summed E-state index contributed by atoms with van der Waals surface area (Å²) in [6.45, 7) is 3.04. The predicted octanol–water partition coefficient (Wildman–Crippen LogP) is 3.30. The smallest absolute Gasteiger partial charge is 0.387 e. The topological polar surface area (TPSA) is 35.5 Å². The van der Waals surface area contributed by atoms with E-state index < -0.39 is 20.7 Å². The minimum absolute atomic E-state index is 0.0600. The highest BCUT2D eigenvalue weighted by Gasteiger charge is 2.19. The normalized spacial score (nSPS) is 10.8. The fourth-order valence-corrected chi connectivity index (χ4v) is 1.89. The average molecular weight is 298 g/mol. The monoisotopic (exact) mass is 298 g/mol. The number of hydrogen-bond donors (Lipinski definition) is 0. The van der Waals surface area contributed by atoms with Crippen LogP contribution in [0.25, 0.3) is 0 Å². The van der Waals surface area contributed by atoms with Crippen LogP contribution in [-0.4, -0.2) is 27.8 Å². The number of carbonyl (C=O) groups excluding carboxylic acids is 1. The van der Waals surface area contributed by atoms with Gasteiger partial charge < -0.3 is 9.47 Å². The van der Waals surface area contributed by atoms with Crippen LogP contribution < -0.4 is 4.74 Å². The third kappa shape index (κ3) is 4.66. The molecule has 0 atom stereocenters. The van der Waals surface area contributed by atoms with E-state index >= 15 is 0 Å². The first-order chi connectivity index (χ1) is 9.24. The minimum Gasteiger partial charge on any atom is -0.465 e. The van der Waals surface area contributed by atoms with Crippen LogP contribution in [0.4, 0.5) is 8.78 Å². The zero-order valence-corrected chi connectivity index (χ0v) is 12.8. The number of methoxy groups -OCH3 is 1. The van der Waals surface area contributed by atoms with E-state index in [4.69, 9.17) is 0 Å². The maximum absolute atomic E-state index is 12.5. The second kappa shape index (κ2) is 6.53. The van der Waals surface area contributed by atoms with Crippen LogP contribution in [0.2, 0.25) is 19.6 Å². The first-order valence-corrected chi connectivity index (χ1v) is 9.44. The van der Waals surface area contributed by atoms with Crippen LogP contribution in [0, 0.1) is 11.5 Å². The van der Waals surface area contributed by atoms with Crippen LogP contribution in [0.3, 0.4) is 0 Å². The molecule has 0 aliphatic carbocycles. The summed E-state index contributed by atoms with van der Waals surface area (Å²) in [6.07, 6.45) is 0. The Kier molecular flexibility index (Phi) is 5.28. The van der Waals surface area contributed by atoms with Crippen LogP contribution in [0.5, 0.6) is 5.75 Å². The van der Waals surface area contributed by atoms with Crippen LogP contribution in [-0.2, 0) is 4.74 Å². The second-order valence-corrected chi connectivity index (χ2v) is 9.80. The molecule has 0 unspecified atom stereocenters. The standard InChI is InChI=1S/C14H16F2O3Si/c1-18-13(17)11-7-5-6-10(8-9-20(2,3)4)12(11)19-14(15)16/h5-7,14H,1-4H3. The van der Waals surface area contributed by atoms with Crippen molar-refractivity contribution in [2.45, 2.75) is 26.3 Å². The quantitative estimate of drug-likeness (QED) is 0.488. The molecule has 0 aliphatic rings. The summed E-state index contributed by atoms with van der Waals surface area (Å²) in [5.41, 5.74) is 3.25. The van der Waals surface area contributed by atoms with Gasteiger partial charge >= 0.3 is 12.6 Å². The Morgan fingerprint density at radius 1 is 1.30 bits per heavy atom. The van der Waals surface area contributed by atoms with Gasteiger partial charge in [0.2, 0.25) is 0 Å². The maximum atomic E-state index is 12.5. The van der Waals surface area contributed by atoms with Gasteiger partial charge in [-0.25, -0.2) is 4.79 Å². The van der Waals surface area contributed by atoms with Gasteiger partial charge in [-0.2, -0.15) is 8.78 Å². The summed E-state index contributed by atoms with van der Waals surface area (Å²) in [5, 5.41) is 0. The SMILES string of the molecule is COC(=O)c1cccc(C#C[Si](C)(C)C)c1OC(F)F. The van der Waals surface area contributed by atoms with Gasteiger partial charge in [-0.15, -0.1) is 5.54 Å². The minimum atomic E-state index is -3.03. The average Bonchev–Trinajstić information content (AvgIpc) is 2.35. The van der Waals surface area contributed by atoms with Crippen molar-refractivity contribution in [2.24, 2.45) is 0 Å². The fraction of sp³-hybridized carbons (Fsp3) is 0.357. The Labute approximate surface area is 117 Å². The van der Waals surface area contributed by atoms with Crippen molar-refractivity contribution in [3.63, 3.8) is 0 Å². The van der Waals surface area contributed by atoms with E-state index in [0.29, 0.717) is 0 Å². The van der Waals surface area contributed by atoms with Gasteiger partial charge in [0, 0.05) is 0 Å². The van der Waals surface area contributed by atoms with Crippen molar-refractivity contribution >= 4 is 14.0 Å². The molecule has 0 saturated carbocycles. The molecule has 1 aromatic rings. The second-order valence-electron chi connectivity index (χ2n) is 5.05. The lowest BCUT2D eigenvalue weighted by molar-refractivity contribution is -0.0505. The van der Waals surface area contributed by atoms with Crippen LogP contribution in [0.1, 0.15) is 15.9 Å². The highest BCUT2D eigenvalue weighted by Crippen LogP contribution is 2.26. The molecule has 0 N–H and O–H groups in total. The van der Waals surface area contributed by atoms with Crippen molar-refractivity contribution in [3.8, 4) is 17.2 Å². The lowest BCUT2D eigenvalue weighted by Gasteiger charge is -2.11. The van der Waals surface area contributed by atoms with Crippen molar-refractivity contribution < 1.29 is 23.0 Å². The maximum Gasteiger partial charge on any atom is 0.387 e. The molecule has 0 radical (unpaired) electrons. The molecule has 0 saturated heterocycles. The van der Waals surface area contributed by atoms with E-state index in [0.717, 1.165) is 0 Å². The van der Waals surface area contributed by atoms with Gasteiger partial charge in [0.05, 0.1) is 12.7 Å². The van der Waals surface area contributed by atoms with Crippen molar-refractivity contribution in [1.29, 1.82) is 0 Å². The molecule has 3 nitrogen and oxygen atoms in total. The van der Waals surface area contributed by atoms with Gasteiger partial charge in [0.15, 0.2) is 5.75 Å². The van der Waals surface area contributed by atoms with Crippen molar-refractivity contribution in [1.82, 2.24) is 0 Å². The fourth-order valence-electron chi connectivity index (χ4n) is 1.38. The predicted molar refractivity (Wildman–Crippen MR) is 74.6 cm³/mol. The Morgan fingerprint density at radius 2 is 1.95 bits per heavy atom. The molecule has 1 aromatic carbocycles. The molecule has 108 valence electrons. The highest BCUT2D eigenvalue weighted by atomic mass is 28.3. The van der Waals surface area contributed by atoms with Crippen LogP contribution in [0.15, 0.2) is 18.2 Å². The molecule has 0 fully saturated rings. The summed E-state index contributed by atoms with van der Waals surface area (Å²) < 4.78 is 34.0. The highest BCUT2D eigenvalue weighted by molar-refractivity contribution is 6.83. The largest absolute Gasteiger partial charge is 0.465 e. The first-order valence-electron chi connectivity index (χ1n) is 5.94. The van der Waals surface area contributed by atoms with E-state index in [1.165, 1.54) is 19.2 Å². The van der Waals surface area contributed by atoms with E-state index in [-0.39, 0.29) is 16.9 Å². The van der Waals surface area contributed by atoms with Crippen molar-refractivity contribution in [3.05, 3.63) is 29.3 Å². The Hall–Kier alpha value is -1.87. The molecule has 0 spiro atoms. The summed E-state index contributed by atoms with van der Waals surface area (Å²) in [7, 11) is -0.501. The van der Waals surface area contributed by atoms with Crippen LogP contribution >= 0.6 is 0 Å². The van der Waals surface area contributed by atoms with E-state index in [2.05, 4.69) is 20.9 Å². The zero-order chi connectivity index (χ0) is 15.3. The van der Waals surface area contributed by atoms with Gasteiger partial charge in [-0.3, -0.25) is 0 Å².